The lowest BCUT2D eigenvalue weighted by Crippen LogP contribution is -2.41. The molecule has 4 heteroatoms. The molecule has 1 N–H and O–H groups in total. The Bertz CT molecular complexity index is 380. The van der Waals surface area contributed by atoms with Crippen LogP contribution < -0.4 is 10.1 Å². The number of hydrogen-bond acceptors (Lipinski definition) is 3. The van der Waals surface area contributed by atoms with Gasteiger partial charge in [0.15, 0.2) is 0 Å². The Labute approximate surface area is 113 Å². The Hall–Kier alpha value is -0.770. The Morgan fingerprint density at radius 1 is 1.39 bits per heavy atom. The second-order valence-corrected chi connectivity index (χ2v) is 5.11. The van der Waals surface area contributed by atoms with Crippen LogP contribution in [0.2, 0.25) is 5.02 Å². The largest absolute Gasteiger partial charge is 0.494 e. The van der Waals surface area contributed by atoms with Gasteiger partial charge in [-0.25, -0.2) is 0 Å². The molecule has 0 bridgehead atoms. The first-order valence-corrected chi connectivity index (χ1v) is 6.75. The highest BCUT2D eigenvalue weighted by molar-refractivity contribution is 6.32. The van der Waals surface area contributed by atoms with Crippen molar-refractivity contribution in [3.63, 3.8) is 0 Å². The van der Waals surface area contributed by atoms with E-state index in [1.807, 2.05) is 26.0 Å². The summed E-state index contributed by atoms with van der Waals surface area (Å²) < 4.78 is 11.2. The first kappa shape index (κ1) is 13.7. The van der Waals surface area contributed by atoms with Gasteiger partial charge in [-0.1, -0.05) is 11.6 Å². The van der Waals surface area contributed by atoms with E-state index >= 15 is 0 Å². The first-order chi connectivity index (χ1) is 8.66. The maximum atomic E-state index is 6.12. The van der Waals surface area contributed by atoms with Crippen LogP contribution in [0.25, 0.3) is 0 Å². The maximum Gasteiger partial charge on any atom is 0.119 e. The summed E-state index contributed by atoms with van der Waals surface area (Å²) >= 11 is 6.12. The second-order valence-electron chi connectivity index (χ2n) is 4.73. The van der Waals surface area contributed by atoms with Crippen molar-refractivity contribution in [2.45, 2.75) is 26.3 Å². The topological polar surface area (TPSA) is 30.5 Å². The minimum atomic E-state index is 0.410. The molecule has 0 radical (unpaired) electrons. The van der Waals surface area contributed by atoms with E-state index in [1.54, 1.807) is 0 Å². The highest BCUT2D eigenvalue weighted by Crippen LogP contribution is 2.25. The average molecular weight is 270 g/mol. The fourth-order valence-electron chi connectivity index (χ4n) is 2.11. The Balaban J connectivity index is 1.82. The van der Waals surface area contributed by atoms with Gasteiger partial charge in [0.1, 0.15) is 5.75 Å². The molecule has 1 aliphatic heterocycles. The van der Waals surface area contributed by atoms with E-state index in [9.17, 15) is 0 Å². The van der Waals surface area contributed by atoms with Gasteiger partial charge in [0.05, 0.1) is 19.8 Å². The van der Waals surface area contributed by atoms with Crippen molar-refractivity contribution in [3.8, 4) is 5.75 Å². The molecule has 1 heterocycles. The summed E-state index contributed by atoms with van der Waals surface area (Å²) in [5, 5.41) is 4.23. The highest BCUT2D eigenvalue weighted by atomic mass is 35.5. The van der Waals surface area contributed by atoms with Crippen LogP contribution in [0.15, 0.2) is 12.1 Å². The standard InChI is InChI=1S/C14H20ClNO2/c1-10-7-13(8-11(2)14(10)15)18-5-3-12-9-17-6-4-16-12/h7-8,12,16H,3-6,9H2,1-2H3. The van der Waals surface area contributed by atoms with Crippen molar-refractivity contribution in [2.24, 2.45) is 0 Å². The number of benzene rings is 1. The SMILES string of the molecule is Cc1cc(OCCC2COCCN2)cc(C)c1Cl. The molecule has 100 valence electrons. The second kappa shape index (κ2) is 6.41. The molecule has 0 aliphatic carbocycles. The zero-order chi connectivity index (χ0) is 13.0. The lowest BCUT2D eigenvalue weighted by Gasteiger charge is -2.23. The number of rotatable bonds is 4. The van der Waals surface area contributed by atoms with Crippen molar-refractivity contribution in [1.29, 1.82) is 0 Å². The molecule has 0 aromatic heterocycles. The quantitative estimate of drug-likeness (QED) is 0.912. The summed E-state index contributed by atoms with van der Waals surface area (Å²) in [5.41, 5.74) is 2.12. The van der Waals surface area contributed by atoms with Gasteiger partial charge in [-0.3, -0.25) is 0 Å². The van der Waals surface area contributed by atoms with Gasteiger partial charge in [-0.2, -0.15) is 0 Å². The van der Waals surface area contributed by atoms with Crippen molar-refractivity contribution < 1.29 is 9.47 Å². The molecule has 1 fully saturated rings. The van der Waals surface area contributed by atoms with Crippen LogP contribution in [0, 0.1) is 13.8 Å². The molecular weight excluding hydrogens is 250 g/mol. The van der Waals surface area contributed by atoms with E-state index in [2.05, 4.69) is 5.32 Å². The maximum absolute atomic E-state index is 6.12. The van der Waals surface area contributed by atoms with Crippen LogP contribution in [0.5, 0.6) is 5.75 Å². The van der Waals surface area contributed by atoms with E-state index < -0.39 is 0 Å². The molecule has 1 aromatic rings. The van der Waals surface area contributed by atoms with Gasteiger partial charge < -0.3 is 14.8 Å². The number of morpholine rings is 1. The molecule has 0 spiro atoms. The number of ether oxygens (including phenoxy) is 2. The van der Waals surface area contributed by atoms with Gasteiger partial charge >= 0.3 is 0 Å². The summed E-state index contributed by atoms with van der Waals surface area (Å²) in [6, 6.07) is 4.38. The zero-order valence-electron chi connectivity index (χ0n) is 11.0. The van der Waals surface area contributed by atoms with E-state index in [1.165, 1.54) is 0 Å². The molecule has 18 heavy (non-hydrogen) atoms. The predicted octanol–water partition coefficient (Wildman–Crippen LogP) is 2.71. The van der Waals surface area contributed by atoms with Crippen LogP contribution in [-0.4, -0.2) is 32.4 Å². The molecule has 0 saturated carbocycles. The smallest absolute Gasteiger partial charge is 0.119 e. The fraction of sp³-hybridized carbons (Fsp3) is 0.571. The Morgan fingerprint density at radius 2 is 2.11 bits per heavy atom. The Morgan fingerprint density at radius 3 is 2.72 bits per heavy atom. The summed E-state index contributed by atoms with van der Waals surface area (Å²) in [6.45, 7) is 7.22. The van der Waals surface area contributed by atoms with E-state index in [-0.39, 0.29) is 0 Å². The molecule has 1 atom stereocenters. The molecule has 1 unspecified atom stereocenters. The average Bonchev–Trinajstić information content (AvgIpc) is 2.37. The number of hydrogen-bond donors (Lipinski definition) is 1. The third-order valence-electron chi connectivity index (χ3n) is 3.14. The monoisotopic (exact) mass is 269 g/mol. The van der Waals surface area contributed by atoms with Crippen molar-refractivity contribution in [3.05, 3.63) is 28.3 Å². The summed E-state index contributed by atoms with van der Waals surface area (Å²) in [5.74, 6) is 0.895. The van der Waals surface area contributed by atoms with Crippen molar-refractivity contribution in [1.82, 2.24) is 5.32 Å². The van der Waals surface area contributed by atoms with Crippen LogP contribution in [0.1, 0.15) is 17.5 Å². The number of nitrogens with one attached hydrogen (secondary N) is 1. The van der Waals surface area contributed by atoms with Crippen LogP contribution in [-0.2, 0) is 4.74 Å². The molecule has 1 saturated heterocycles. The lowest BCUT2D eigenvalue weighted by atomic mass is 10.1. The fourth-order valence-corrected chi connectivity index (χ4v) is 2.22. The number of aryl methyl sites for hydroxylation is 2. The summed E-state index contributed by atoms with van der Waals surface area (Å²) in [7, 11) is 0. The van der Waals surface area contributed by atoms with Crippen LogP contribution in [0.4, 0.5) is 0 Å². The van der Waals surface area contributed by atoms with Crippen LogP contribution >= 0.6 is 11.6 Å². The third-order valence-corrected chi connectivity index (χ3v) is 3.74. The minimum Gasteiger partial charge on any atom is -0.494 e. The van der Waals surface area contributed by atoms with E-state index in [4.69, 9.17) is 21.1 Å². The Kier molecular flexibility index (Phi) is 4.87. The minimum absolute atomic E-state index is 0.410. The molecule has 1 aliphatic rings. The summed E-state index contributed by atoms with van der Waals surface area (Å²) in [6.07, 6.45) is 0.959. The number of halogens is 1. The summed E-state index contributed by atoms with van der Waals surface area (Å²) in [4.78, 5) is 0. The zero-order valence-corrected chi connectivity index (χ0v) is 11.7. The van der Waals surface area contributed by atoms with E-state index in [0.717, 1.165) is 48.1 Å². The van der Waals surface area contributed by atoms with Crippen molar-refractivity contribution >= 4 is 11.6 Å². The third kappa shape index (κ3) is 3.61. The van der Waals surface area contributed by atoms with Crippen LogP contribution in [0.3, 0.4) is 0 Å². The van der Waals surface area contributed by atoms with Gasteiger partial charge in [0, 0.05) is 17.6 Å². The van der Waals surface area contributed by atoms with E-state index in [0.29, 0.717) is 12.6 Å². The van der Waals surface area contributed by atoms with Gasteiger partial charge in [-0.15, -0.1) is 0 Å². The molecule has 2 rings (SSSR count). The molecular formula is C14H20ClNO2. The van der Waals surface area contributed by atoms with Gasteiger partial charge in [0.2, 0.25) is 0 Å². The molecule has 3 nitrogen and oxygen atoms in total. The molecule has 1 aromatic carbocycles. The van der Waals surface area contributed by atoms with Gasteiger partial charge in [-0.05, 0) is 43.5 Å². The van der Waals surface area contributed by atoms with Crippen molar-refractivity contribution in [2.75, 3.05) is 26.4 Å². The molecule has 0 amide bonds. The normalized spacial score (nSPS) is 19.8. The predicted molar refractivity (Wildman–Crippen MR) is 73.6 cm³/mol. The van der Waals surface area contributed by atoms with Gasteiger partial charge in [0.25, 0.3) is 0 Å². The first-order valence-electron chi connectivity index (χ1n) is 6.37. The highest BCUT2D eigenvalue weighted by Gasteiger charge is 2.12. The lowest BCUT2D eigenvalue weighted by molar-refractivity contribution is 0.0691.